The van der Waals surface area contributed by atoms with Crippen LogP contribution < -0.4 is 14.8 Å². The first-order chi connectivity index (χ1) is 12.2. The third-order valence-electron chi connectivity index (χ3n) is 4.38. The summed E-state index contributed by atoms with van der Waals surface area (Å²) in [5.41, 5.74) is 0.602. The Balaban J connectivity index is 1.67. The van der Waals surface area contributed by atoms with E-state index in [0.29, 0.717) is 17.2 Å². The molecule has 2 aromatic rings. The van der Waals surface area contributed by atoms with E-state index in [0.717, 1.165) is 12.0 Å². The second-order valence-corrected chi connectivity index (χ2v) is 8.40. The van der Waals surface area contributed by atoms with E-state index >= 15 is 0 Å². The zero-order chi connectivity index (χ0) is 18.9. The van der Waals surface area contributed by atoms with Crippen LogP contribution >= 0.6 is 23.2 Å². The maximum absolute atomic E-state index is 12.7. The second kappa shape index (κ2) is 7.01. The number of hydrogen-bond acceptors (Lipinski definition) is 3. The van der Waals surface area contributed by atoms with Gasteiger partial charge in [-0.15, -0.1) is 23.2 Å². The highest BCUT2D eigenvalue weighted by Gasteiger charge is 2.52. The molecule has 0 unspecified atom stereocenters. The molecule has 1 aliphatic rings. The van der Waals surface area contributed by atoms with Gasteiger partial charge in [0.25, 0.3) is 5.91 Å². The fraction of sp³-hybridized carbons (Fsp3) is 0.350. The molecule has 0 bridgehead atoms. The number of ether oxygens (including phenoxy) is 2. The van der Waals surface area contributed by atoms with Gasteiger partial charge in [-0.25, -0.2) is 0 Å². The summed E-state index contributed by atoms with van der Waals surface area (Å²) in [6.07, 6.45) is 0.753. The van der Waals surface area contributed by atoms with E-state index in [4.69, 9.17) is 32.7 Å². The quantitative estimate of drug-likeness (QED) is 0.689. The minimum absolute atomic E-state index is 0.154. The van der Waals surface area contributed by atoms with Crippen molar-refractivity contribution < 1.29 is 14.3 Å². The fourth-order valence-electron chi connectivity index (χ4n) is 2.70. The maximum atomic E-state index is 12.7. The summed E-state index contributed by atoms with van der Waals surface area (Å²) >= 11 is 12.2. The Morgan fingerprint density at radius 2 is 1.77 bits per heavy atom. The Labute approximate surface area is 163 Å². The standard InChI is InChI=1S/C20H21Cl2NO3/c1-19(2,18(24)23-16-6-4-5-7-17(16)25-3)26-14-10-8-13(9-11-14)15-12-20(15,21)22/h4-11,15H,12H2,1-3H3,(H,23,24)/t15-/m0/s1. The number of carbonyl (C=O) groups excluding carboxylic acids is 1. The molecule has 1 fully saturated rings. The highest BCUT2D eigenvalue weighted by Crippen LogP contribution is 2.59. The maximum Gasteiger partial charge on any atom is 0.268 e. The van der Waals surface area contributed by atoms with Gasteiger partial charge >= 0.3 is 0 Å². The number of benzene rings is 2. The van der Waals surface area contributed by atoms with Crippen molar-refractivity contribution in [3.63, 3.8) is 0 Å². The number of rotatable bonds is 6. The van der Waals surface area contributed by atoms with Crippen LogP contribution in [0.2, 0.25) is 0 Å². The van der Waals surface area contributed by atoms with E-state index in [-0.39, 0.29) is 11.8 Å². The lowest BCUT2D eigenvalue weighted by atomic mass is 10.1. The molecule has 1 atom stereocenters. The zero-order valence-corrected chi connectivity index (χ0v) is 16.4. The number of para-hydroxylation sites is 2. The van der Waals surface area contributed by atoms with Crippen LogP contribution in [0.4, 0.5) is 5.69 Å². The topological polar surface area (TPSA) is 47.6 Å². The minimum atomic E-state index is -1.06. The highest BCUT2D eigenvalue weighted by molar-refractivity contribution is 6.51. The summed E-state index contributed by atoms with van der Waals surface area (Å²) < 4.78 is 10.5. The smallest absolute Gasteiger partial charge is 0.268 e. The van der Waals surface area contributed by atoms with Crippen molar-refractivity contribution >= 4 is 34.8 Å². The first kappa shape index (κ1) is 18.9. The van der Waals surface area contributed by atoms with Crippen LogP contribution in [0.5, 0.6) is 11.5 Å². The Hall–Kier alpha value is -1.91. The van der Waals surface area contributed by atoms with Gasteiger partial charge in [-0.1, -0.05) is 24.3 Å². The predicted octanol–water partition coefficient (Wildman–Crippen LogP) is 5.15. The van der Waals surface area contributed by atoms with E-state index in [1.165, 1.54) is 0 Å². The highest BCUT2D eigenvalue weighted by atomic mass is 35.5. The Morgan fingerprint density at radius 1 is 1.15 bits per heavy atom. The Bertz CT molecular complexity index is 803. The summed E-state index contributed by atoms with van der Waals surface area (Å²) in [7, 11) is 1.56. The summed E-state index contributed by atoms with van der Waals surface area (Å²) in [6, 6.07) is 14.8. The normalized spacial score (nSPS) is 18.1. The number of alkyl halides is 2. The fourth-order valence-corrected chi connectivity index (χ4v) is 3.27. The van der Waals surface area contributed by atoms with Crippen LogP contribution in [0.15, 0.2) is 48.5 Å². The van der Waals surface area contributed by atoms with Gasteiger partial charge in [0.05, 0.1) is 12.8 Å². The van der Waals surface area contributed by atoms with Gasteiger partial charge in [0, 0.05) is 5.92 Å². The molecular weight excluding hydrogens is 373 g/mol. The molecule has 1 aliphatic carbocycles. The molecule has 0 aliphatic heterocycles. The largest absolute Gasteiger partial charge is 0.495 e. The van der Waals surface area contributed by atoms with E-state index in [1.807, 2.05) is 36.4 Å². The lowest BCUT2D eigenvalue weighted by Crippen LogP contribution is -2.42. The van der Waals surface area contributed by atoms with Crippen LogP contribution in [0.3, 0.4) is 0 Å². The molecule has 0 aromatic heterocycles. The summed E-state index contributed by atoms with van der Waals surface area (Å²) in [5.74, 6) is 1.08. The van der Waals surface area contributed by atoms with Gasteiger partial charge in [0.15, 0.2) is 5.60 Å². The van der Waals surface area contributed by atoms with Crippen LogP contribution in [-0.4, -0.2) is 23.0 Å². The third-order valence-corrected chi connectivity index (χ3v) is 5.22. The zero-order valence-electron chi connectivity index (χ0n) is 14.9. The van der Waals surface area contributed by atoms with Gasteiger partial charge in [-0.3, -0.25) is 4.79 Å². The van der Waals surface area contributed by atoms with Gasteiger partial charge in [0.2, 0.25) is 0 Å². The summed E-state index contributed by atoms with van der Waals surface area (Å²) in [4.78, 5) is 12.7. The Morgan fingerprint density at radius 3 is 2.35 bits per heavy atom. The van der Waals surface area contributed by atoms with Crippen molar-refractivity contribution in [1.29, 1.82) is 0 Å². The van der Waals surface area contributed by atoms with E-state index in [9.17, 15) is 4.79 Å². The van der Waals surface area contributed by atoms with Crippen molar-refractivity contribution in [1.82, 2.24) is 0 Å². The molecule has 0 spiro atoms. The number of anilines is 1. The third kappa shape index (κ3) is 4.08. The molecule has 6 heteroatoms. The molecule has 138 valence electrons. The van der Waals surface area contributed by atoms with Crippen molar-refractivity contribution in [2.45, 2.75) is 36.1 Å². The second-order valence-electron chi connectivity index (χ2n) is 6.85. The average molecular weight is 394 g/mol. The van der Waals surface area contributed by atoms with Crippen molar-refractivity contribution in [2.24, 2.45) is 0 Å². The molecule has 26 heavy (non-hydrogen) atoms. The van der Waals surface area contributed by atoms with Gasteiger partial charge < -0.3 is 14.8 Å². The van der Waals surface area contributed by atoms with E-state index in [2.05, 4.69) is 5.32 Å². The van der Waals surface area contributed by atoms with Crippen LogP contribution in [0.25, 0.3) is 0 Å². The first-order valence-electron chi connectivity index (χ1n) is 8.34. The molecule has 2 aromatic carbocycles. The molecule has 3 rings (SSSR count). The molecule has 1 N–H and O–H groups in total. The number of methoxy groups -OCH3 is 1. The summed E-state index contributed by atoms with van der Waals surface area (Å²) in [5, 5.41) is 2.85. The van der Waals surface area contributed by atoms with Crippen molar-refractivity contribution in [3.8, 4) is 11.5 Å². The molecule has 4 nitrogen and oxygen atoms in total. The first-order valence-corrected chi connectivity index (χ1v) is 9.10. The van der Waals surface area contributed by atoms with Gasteiger partial charge in [-0.2, -0.15) is 0 Å². The van der Waals surface area contributed by atoms with E-state index < -0.39 is 9.93 Å². The molecule has 0 heterocycles. The van der Waals surface area contributed by atoms with Crippen molar-refractivity contribution in [3.05, 3.63) is 54.1 Å². The van der Waals surface area contributed by atoms with Crippen LogP contribution in [-0.2, 0) is 4.79 Å². The number of amides is 1. The van der Waals surface area contributed by atoms with Crippen LogP contribution in [0.1, 0.15) is 31.7 Å². The van der Waals surface area contributed by atoms with Gasteiger partial charge in [-0.05, 0) is 50.1 Å². The number of halogens is 2. The molecule has 0 saturated heterocycles. The molecule has 1 amide bonds. The Kier molecular flexibility index (Phi) is 5.09. The number of carbonyl (C=O) groups is 1. The molecular formula is C20H21Cl2NO3. The van der Waals surface area contributed by atoms with Crippen molar-refractivity contribution in [2.75, 3.05) is 12.4 Å². The summed E-state index contributed by atoms with van der Waals surface area (Å²) in [6.45, 7) is 3.43. The SMILES string of the molecule is COc1ccccc1NC(=O)C(C)(C)Oc1ccc([C@@H]2CC2(Cl)Cl)cc1. The minimum Gasteiger partial charge on any atom is -0.495 e. The van der Waals surface area contributed by atoms with Crippen LogP contribution in [0, 0.1) is 0 Å². The lowest BCUT2D eigenvalue weighted by Gasteiger charge is -2.26. The predicted molar refractivity (Wildman–Crippen MR) is 105 cm³/mol. The monoisotopic (exact) mass is 393 g/mol. The lowest BCUT2D eigenvalue weighted by molar-refractivity contribution is -0.128. The molecule has 0 radical (unpaired) electrons. The molecule has 1 saturated carbocycles. The number of nitrogens with one attached hydrogen (secondary N) is 1. The van der Waals surface area contributed by atoms with Gasteiger partial charge in [0.1, 0.15) is 15.8 Å². The number of hydrogen-bond donors (Lipinski definition) is 1. The van der Waals surface area contributed by atoms with E-state index in [1.54, 1.807) is 33.1 Å². The average Bonchev–Trinajstić information content (AvgIpc) is 3.24.